The van der Waals surface area contributed by atoms with Crippen LogP contribution in [0.1, 0.15) is 30.5 Å². The first-order chi connectivity index (χ1) is 12.4. The standard InChI is InChI=1S/C21H29ClN2O2/c1-15(2)24(3)14-17-8-6-7-16(9-17)12-23-13-18-10-19(22)21(26-5)20(11-18)25-4/h6-11,15,23H,12-14H2,1-5H3. The Morgan fingerprint density at radius 1 is 1.00 bits per heavy atom. The third-order valence-electron chi connectivity index (χ3n) is 4.46. The number of methoxy groups -OCH3 is 2. The van der Waals surface area contributed by atoms with E-state index >= 15 is 0 Å². The molecule has 0 spiro atoms. The third kappa shape index (κ3) is 5.63. The minimum Gasteiger partial charge on any atom is -0.493 e. The number of nitrogens with one attached hydrogen (secondary N) is 1. The van der Waals surface area contributed by atoms with Crippen LogP contribution < -0.4 is 14.8 Å². The molecule has 1 N–H and O–H groups in total. The van der Waals surface area contributed by atoms with E-state index in [2.05, 4.69) is 55.4 Å². The van der Waals surface area contributed by atoms with Crippen LogP contribution in [0.4, 0.5) is 0 Å². The van der Waals surface area contributed by atoms with Crippen molar-refractivity contribution < 1.29 is 9.47 Å². The SMILES string of the molecule is COc1cc(CNCc2cccc(CN(C)C(C)C)c2)cc(Cl)c1OC. The second-order valence-corrected chi connectivity index (χ2v) is 7.15. The van der Waals surface area contributed by atoms with Gasteiger partial charge in [-0.1, -0.05) is 35.9 Å². The molecule has 2 rings (SSSR count). The highest BCUT2D eigenvalue weighted by Gasteiger charge is 2.11. The summed E-state index contributed by atoms with van der Waals surface area (Å²) in [6, 6.07) is 13.1. The quantitative estimate of drug-likeness (QED) is 0.699. The summed E-state index contributed by atoms with van der Waals surface area (Å²) >= 11 is 6.27. The van der Waals surface area contributed by atoms with Gasteiger partial charge in [-0.3, -0.25) is 4.90 Å². The highest BCUT2D eigenvalue weighted by molar-refractivity contribution is 6.32. The van der Waals surface area contributed by atoms with E-state index in [4.69, 9.17) is 21.1 Å². The molecule has 0 heterocycles. The molecule has 4 nitrogen and oxygen atoms in total. The summed E-state index contributed by atoms with van der Waals surface area (Å²) in [5.74, 6) is 1.22. The Morgan fingerprint density at radius 2 is 1.69 bits per heavy atom. The lowest BCUT2D eigenvalue weighted by atomic mass is 10.1. The van der Waals surface area contributed by atoms with Gasteiger partial charge >= 0.3 is 0 Å². The van der Waals surface area contributed by atoms with Crippen molar-refractivity contribution in [2.45, 2.75) is 39.5 Å². The Bertz CT molecular complexity index is 719. The maximum atomic E-state index is 6.27. The molecule has 0 bridgehead atoms. The van der Waals surface area contributed by atoms with Crippen molar-refractivity contribution in [2.75, 3.05) is 21.3 Å². The molecule has 142 valence electrons. The summed E-state index contributed by atoms with van der Waals surface area (Å²) in [7, 11) is 5.35. The minimum absolute atomic E-state index is 0.534. The summed E-state index contributed by atoms with van der Waals surface area (Å²) in [6.45, 7) is 6.87. The summed E-state index contributed by atoms with van der Waals surface area (Å²) in [4.78, 5) is 2.33. The van der Waals surface area contributed by atoms with Crippen molar-refractivity contribution in [2.24, 2.45) is 0 Å². The first-order valence-corrected chi connectivity index (χ1v) is 9.21. The van der Waals surface area contributed by atoms with Gasteiger partial charge in [0.2, 0.25) is 0 Å². The van der Waals surface area contributed by atoms with Crippen molar-refractivity contribution in [1.82, 2.24) is 10.2 Å². The van der Waals surface area contributed by atoms with E-state index in [1.807, 2.05) is 12.1 Å². The van der Waals surface area contributed by atoms with Crippen LogP contribution in [-0.2, 0) is 19.6 Å². The second kappa shape index (κ2) is 9.81. The van der Waals surface area contributed by atoms with Crippen LogP contribution in [-0.4, -0.2) is 32.2 Å². The molecule has 5 heteroatoms. The zero-order valence-corrected chi connectivity index (χ0v) is 17.1. The molecule has 0 radical (unpaired) electrons. The van der Waals surface area contributed by atoms with Gasteiger partial charge in [-0.25, -0.2) is 0 Å². The Balaban J connectivity index is 1.97. The van der Waals surface area contributed by atoms with Crippen LogP contribution >= 0.6 is 11.6 Å². The molecule has 0 amide bonds. The molecule has 0 saturated carbocycles. The van der Waals surface area contributed by atoms with Crippen molar-refractivity contribution >= 4 is 11.6 Å². The van der Waals surface area contributed by atoms with Crippen molar-refractivity contribution in [3.8, 4) is 11.5 Å². The molecular formula is C21H29ClN2O2. The largest absolute Gasteiger partial charge is 0.493 e. The number of rotatable bonds is 9. The fourth-order valence-electron chi connectivity index (χ4n) is 2.73. The van der Waals surface area contributed by atoms with Crippen LogP contribution in [0.3, 0.4) is 0 Å². The Kier molecular flexibility index (Phi) is 7.76. The van der Waals surface area contributed by atoms with Gasteiger partial charge in [-0.2, -0.15) is 0 Å². The highest BCUT2D eigenvalue weighted by Crippen LogP contribution is 2.35. The van der Waals surface area contributed by atoms with Gasteiger partial charge in [0.1, 0.15) is 0 Å². The predicted octanol–water partition coefficient (Wildman–Crippen LogP) is 4.49. The number of halogens is 1. The Hall–Kier alpha value is -1.75. The average molecular weight is 377 g/mol. The van der Waals surface area contributed by atoms with Crippen LogP contribution in [0.25, 0.3) is 0 Å². The van der Waals surface area contributed by atoms with E-state index in [-0.39, 0.29) is 0 Å². The van der Waals surface area contributed by atoms with Crippen LogP contribution in [0.5, 0.6) is 11.5 Å². The first-order valence-electron chi connectivity index (χ1n) is 8.83. The molecule has 0 aliphatic rings. The van der Waals surface area contributed by atoms with E-state index in [1.54, 1.807) is 14.2 Å². The summed E-state index contributed by atoms with van der Waals surface area (Å²) in [6.07, 6.45) is 0. The first kappa shape index (κ1) is 20.6. The van der Waals surface area contributed by atoms with E-state index < -0.39 is 0 Å². The summed E-state index contributed by atoms with van der Waals surface area (Å²) < 4.78 is 10.6. The van der Waals surface area contributed by atoms with Crippen molar-refractivity contribution in [1.29, 1.82) is 0 Å². The molecule has 0 aromatic heterocycles. The fraction of sp³-hybridized carbons (Fsp3) is 0.429. The molecule has 2 aromatic carbocycles. The van der Waals surface area contributed by atoms with Gasteiger partial charge < -0.3 is 14.8 Å². The lowest BCUT2D eigenvalue weighted by molar-refractivity contribution is 0.266. The van der Waals surface area contributed by atoms with Crippen molar-refractivity contribution in [3.63, 3.8) is 0 Å². The summed E-state index contributed by atoms with van der Waals surface area (Å²) in [5.41, 5.74) is 3.66. The number of nitrogens with zero attached hydrogens (tertiary/aromatic N) is 1. The molecule has 0 atom stereocenters. The normalized spacial score (nSPS) is 11.2. The summed E-state index contributed by atoms with van der Waals surface area (Å²) in [5, 5.41) is 4.03. The van der Waals surface area contributed by atoms with Crippen LogP contribution in [0.15, 0.2) is 36.4 Å². The molecule has 0 aliphatic carbocycles. The molecule has 2 aromatic rings. The molecule has 0 fully saturated rings. The van der Waals surface area contributed by atoms with E-state index in [9.17, 15) is 0 Å². The lowest BCUT2D eigenvalue weighted by Crippen LogP contribution is -2.25. The van der Waals surface area contributed by atoms with Gasteiger partial charge in [0.15, 0.2) is 11.5 Å². The van der Waals surface area contributed by atoms with Gasteiger partial charge in [0, 0.05) is 25.7 Å². The number of hydrogen-bond acceptors (Lipinski definition) is 4. The smallest absolute Gasteiger partial charge is 0.179 e. The molecule has 0 saturated heterocycles. The molecule has 0 unspecified atom stereocenters. The Labute approximate surface area is 162 Å². The van der Waals surface area contributed by atoms with Gasteiger partial charge in [-0.15, -0.1) is 0 Å². The van der Waals surface area contributed by atoms with Gasteiger partial charge in [0.05, 0.1) is 19.2 Å². The van der Waals surface area contributed by atoms with E-state index in [1.165, 1.54) is 11.1 Å². The van der Waals surface area contributed by atoms with E-state index in [0.717, 1.165) is 18.7 Å². The highest BCUT2D eigenvalue weighted by atomic mass is 35.5. The van der Waals surface area contributed by atoms with Crippen molar-refractivity contribution in [3.05, 3.63) is 58.1 Å². The maximum Gasteiger partial charge on any atom is 0.179 e. The number of hydrogen-bond donors (Lipinski definition) is 1. The van der Waals surface area contributed by atoms with Crippen LogP contribution in [0, 0.1) is 0 Å². The molecule has 0 aliphatic heterocycles. The monoisotopic (exact) mass is 376 g/mol. The van der Waals surface area contributed by atoms with Crippen LogP contribution in [0.2, 0.25) is 5.02 Å². The number of benzene rings is 2. The van der Waals surface area contributed by atoms with Gasteiger partial charge in [0.25, 0.3) is 0 Å². The average Bonchev–Trinajstić information content (AvgIpc) is 2.61. The number of ether oxygens (including phenoxy) is 2. The molecule has 26 heavy (non-hydrogen) atoms. The lowest BCUT2D eigenvalue weighted by Gasteiger charge is -2.21. The zero-order valence-electron chi connectivity index (χ0n) is 16.3. The maximum absolute atomic E-state index is 6.27. The van der Waals surface area contributed by atoms with Gasteiger partial charge in [-0.05, 0) is 49.7 Å². The zero-order chi connectivity index (χ0) is 19.1. The molecular weight excluding hydrogens is 348 g/mol. The minimum atomic E-state index is 0.534. The second-order valence-electron chi connectivity index (χ2n) is 6.75. The fourth-order valence-corrected chi connectivity index (χ4v) is 3.04. The Morgan fingerprint density at radius 3 is 2.35 bits per heavy atom. The topological polar surface area (TPSA) is 33.7 Å². The predicted molar refractivity (Wildman–Crippen MR) is 108 cm³/mol. The third-order valence-corrected chi connectivity index (χ3v) is 4.74. The van der Waals surface area contributed by atoms with E-state index in [0.29, 0.717) is 29.1 Å².